The summed E-state index contributed by atoms with van der Waals surface area (Å²) in [6, 6.07) is 2.31. The van der Waals surface area contributed by atoms with Crippen LogP contribution in [0, 0.1) is 11.6 Å². The number of benzene rings is 1. The molecule has 0 fully saturated rings. The predicted molar refractivity (Wildman–Crippen MR) is 93.6 cm³/mol. The Hall–Kier alpha value is -2.44. The molecule has 1 unspecified atom stereocenters. The molecule has 0 bridgehead atoms. The minimum absolute atomic E-state index is 0.0882. The number of hydrogen-bond donors (Lipinski definition) is 0. The largest absolute Gasteiger partial charge is 0.444 e. The molecule has 1 atom stereocenters. The Morgan fingerprint density at radius 3 is 2.54 bits per heavy atom. The van der Waals surface area contributed by atoms with Crippen LogP contribution >= 0.6 is 0 Å². The average molecular weight is 366 g/mol. The monoisotopic (exact) mass is 366 g/mol. The highest BCUT2D eigenvalue weighted by molar-refractivity contribution is 5.71. The number of aryl methyl sites for hydroxylation is 1. The van der Waals surface area contributed by atoms with Gasteiger partial charge >= 0.3 is 6.09 Å². The lowest BCUT2D eigenvalue weighted by Crippen LogP contribution is -2.42. The summed E-state index contributed by atoms with van der Waals surface area (Å²) in [6.45, 7) is 4.59. The van der Waals surface area contributed by atoms with Crippen molar-refractivity contribution in [1.82, 2.24) is 14.7 Å². The van der Waals surface area contributed by atoms with Crippen LogP contribution in [0.15, 0.2) is 18.2 Å². The molecule has 140 valence electrons. The van der Waals surface area contributed by atoms with Gasteiger partial charge in [0.1, 0.15) is 17.2 Å². The molecule has 0 spiro atoms. The quantitative estimate of drug-likeness (QED) is 0.759. The van der Waals surface area contributed by atoms with Crippen molar-refractivity contribution in [2.45, 2.75) is 45.8 Å². The number of aromatic nitrogens is 2. The van der Waals surface area contributed by atoms with E-state index in [0.717, 1.165) is 22.9 Å². The number of carbonyl (C=O) groups is 1. The minimum Gasteiger partial charge on any atom is -0.444 e. The van der Waals surface area contributed by atoms with Crippen LogP contribution in [0.1, 0.15) is 49.1 Å². The van der Waals surface area contributed by atoms with Crippen LogP contribution in [0.5, 0.6) is 0 Å². The number of amides is 1. The lowest BCUT2D eigenvalue weighted by atomic mass is 9.96. The number of nitrogens with zero attached hydrogens (tertiary/aromatic N) is 3. The maximum atomic E-state index is 13.8. The molecule has 1 aliphatic rings. The molecule has 0 radical (unpaired) electrons. The van der Waals surface area contributed by atoms with Crippen molar-refractivity contribution in [2.75, 3.05) is 6.54 Å². The topological polar surface area (TPSA) is 47.4 Å². The molecule has 0 saturated heterocycles. The summed E-state index contributed by atoms with van der Waals surface area (Å²) in [7, 11) is 0. The van der Waals surface area contributed by atoms with E-state index in [1.54, 1.807) is 27.7 Å². The van der Waals surface area contributed by atoms with Crippen LogP contribution in [-0.2, 0) is 18.1 Å². The van der Waals surface area contributed by atoms with E-state index in [9.17, 15) is 13.6 Å². The summed E-state index contributed by atoms with van der Waals surface area (Å²) in [5.41, 5.74) is 0.468. The van der Waals surface area contributed by atoms with E-state index in [1.807, 2.05) is 0 Å². The highest BCUT2D eigenvalue weighted by Crippen LogP contribution is 2.36. The first-order valence-corrected chi connectivity index (χ1v) is 8.36. The maximum absolute atomic E-state index is 13.8. The van der Waals surface area contributed by atoms with Gasteiger partial charge in [0.05, 0.1) is 17.4 Å². The van der Waals surface area contributed by atoms with E-state index in [0.29, 0.717) is 11.3 Å². The minimum atomic E-state index is -2.66. The van der Waals surface area contributed by atoms with Crippen LogP contribution in [0.3, 0.4) is 0 Å². The normalized spacial score (nSPS) is 19.4. The molecule has 7 heteroatoms. The molecular formula is C19H23F2N3O2. The molecule has 1 aromatic heterocycles. The van der Waals surface area contributed by atoms with Crippen molar-refractivity contribution in [2.24, 2.45) is 6.98 Å². The summed E-state index contributed by atoms with van der Waals surface area (Å²) >= 11 is 0. The van der Waals surface area contributed by atoms with Gasteiger partial charge in [0.25, 0.3) is 0 Å². The second-order valence-electron chi connectivity index (χ2n) is 7.38. The Kier molecular flexibility index (Phi) is 3.60. The summed E-state index contributed by atoms with van der Waals surface area (Å²) < 4.78 is 57.3. The van der Waals surface area contributed by atoms with Crippen molar-refractivity contribution in [1.29, 1.82) is 0 Å². The number of ether oxygens (including phenoxy) is 1. The molecule has 1 amide bonds. The first kappa shape index (κ1) is 14.7. The molecule has 0 N–H and O–H groups in total. The van der Waals surface area contributed by atoms with E-state index >= 15 is 0 Å². The van der Waals surface area contributed by atoms with Gasteiger partial charge < -0.3 is 4.74 Å². The number of hydrogen-bond acceptors (Lipinski definition) is 3. The lowest BCUT2D eigenvalue weighted by molar-refractivity contribution is 0.0155. The van der Waals surface area contributed by atoms with Gasteiger partial charge in [-0.2, -0.15) is 5.10 Å². The van der Waals surface area contributed by atoms with Gasteiger partial charge in [-0.25, -0.2) is 13.6 Å². The average Bonchev–Trinajstić information content (AvgIpc) is 2.93. The van der Waals surface area contributed by atoms with Crippen LogP contribution in [-0.4, -0.2) is 32.9 Å². The third-order valence-corrected chi connectivity index (χ3v) is 4.24. The Labute approximate surface area is 155 Å². The molecule has 2 heterocycles. The van der Waals surface area contributed by atoms with Gasteiger partial charge in [-0.15, -0.1) is 0 Å². The Bertz CT molecular complexity index is 931. The summed E-state index contributed by atoms with van der Waals surface area (Å²) in [5.74, 6) is -1.63. The Morgan fingerprint density at radius 1 is 1.31 bits per heavy atom. The van der Waals surface area contributed by atoms with Crippen molar-refractivity contribution in [3.05, 3.63) is 41.1 Å². The highest BCUT2D eigenvalue weighted by atomic mass is 19.1. The molecule has 0 saturated carbocycles. The first-order chi connectivity index (χ1) is 13.3. The second-order valence-corrected chi connectivity index (χ2v) is 7.38. The van der Waals surface area contributed by atoms with E-state index < -0.39 is 36.3 Å². The van der Waals surface area contributed by atoms with E-state index in [1.165, 1.54) is 4.90 Å². The molecular weight excluding hydrogens is 340 g/mol. The Balaban J connectivity index is 2.10. The summed E-state index contributed by atoms with van der Waals surface area (Å²) in [4.78, 5) is 14.0. The fourth-order valence-electron chi connectivity index (χ4n) is 3.18. The number of carbonyl (C=O) groups excluding carboxylic acids is 1. The van der Waals surface area contributed by atoms with Crippen LogP contribution in [0.25, 0.3) is 11.3 Å². The van der Waals surface area contributed by atoms with Gasteiger partial charge in [-0.1, -0.05) is 0 Å². The van der Waals surface area contributed by atoms with Crippen LogP contribution in [0.2, 0.25) is 0 Å². The Morgan fingerprint density at radius 2 is 1.96 bits per heavy atom. The number of rotatable bonds is 1. The zero-order valence-corrected chi connectivity index (χ0v) is 15.1. The highest BCUT2D eigenvalue weighted by Gasteiger charge is 2.35. The van der Waals surface area contributed by atoms with Crippen molar-refractivity contribution < 1.29 is 22.4 Å². The fourth-order valence-corrected chi connectivity index (χ4v) is 3.18. The smallest absolute Gasteiger partial charge is 0.410 e. The van der Waals surface area contributed by atoms with Crippen molar-refractivity contribution >= 4 is 6.09 Å². The van der Waals surface area contributed by atoms with Crippen LogP contribution < -0.4 is 0 Å². The van der Waals surface area contributed by atoms with Gasteiger partial charge in [-0.3, -0.25) is 9.58 Å². The zero-order chi connectivity index (χ0) is 21.7. The molecule has 26 heavy (non-hydrogen) atoms. The third-order valence-electron chi connectivity index (χ3n) is 4.24. The molecule has 2 aromatic rings. The van der Waals surface area contributed by atoms with Gasteiger partial charge in [0.15, 0.2) is 0 Å². The molecule has 0 aliphatic carbocycles. The molecule has 3 rings (SSSR count). The third kappa shape index (κ3) is 3.43. The van der Waals surface area contributed by atoms with Gasteiger partial charge in [0, 0.05) is 34.8 Å². The molecule has 5 nitrogen and oxygen atoms in total. The van der Waals surface area contributed by atoms with Crippen molar-refractivity contribution in [3.8, 4) is 11.3 Å². The number of halogens is 2. The first-order valence-electron chi connectivity index (χ1n) is 9.86. The van der Waals surface area contributed by atoms with E-state index in [2.05, 4.69) is 5.10 Å². The zero-order valence-electron chi connectivity index (χ0n) is 18.1. The lowest BCUT2D eigenvalue weighted by Gasteiger charge is -2.34. The summed E-state index contributed by atoms with van der Waals surface area (Å²) in [5, 5.41) is 4.23. The van der Waals surface area contributed by atoms with Crippen molar-refractivity contribution in [3.63, 3.8) is 0 Å². The SMILES string of the molecule is [2H]C([2H])([2H])n1nc2c(c1-c1cc(F)cc(F)c1)CCN(C(=O)OC(C)(C)C)C2C. The summed E-state index contributed by atoms with van der Waals surface area (Å²) in [6.07, 6.45) is -0.250. The second kappa shape index (κ2) is 6.37. The predicted octanol–water partition coefficient (Wildman–Crippen LogP) is 4.22. The fraction of sp³-hybridized carbons (Fsp3) is 0.474. The molecule has 1 aromatic carbocycles. The number of fused-ring (bicyclic) bond motifs is 1. The standard InChI is InChI=1S/C19H23F2N3O2/c1-11-16-15(6-7-24(11)18(25)26-19(2,3)4)17(23(5)22-16)12-8-13(20)10-14(21)9-12/h8-11H,6-7H2,1-5H3/i5D3. The van der Waals surface area contributed by atoms with Gasteiger partial charge in [-0.05, 0) is 46.2 Å². The van der Waals surface area contributed by atoms with E-state index in [-0.39, 0.29) is 24.2 Å². The maximum Gasteiger partial charge on any atom is 0.410 e. The van der Waals surface area contributed by atoms with Crippen LogP contribution in [0.4, 0.5) is 13.6 Å². The molecule has 1 aliphatic heterocycles. The van der Waals surface area contributed by atoms with Gasteiger partial charge in [0.2, 0.25) is 0 Å². The van der Waals surface area contributed by atoms with E-state index in [4.69, 9.17) is 8.85 Å².